The standard InChI is InChI=1S/C21H34BrF3N4O2SSi/c1-7-33(8-2,9-3)15-10-16(22)29-18(17(15)23)20(6,27)14-32(31,19(4,5)11-26)28-12-21(24,25)13-30/h10,30H,7-9,12-14,27H2,1-6H3. The number of hydrogen-bond donors (Lipinski definition) is 2. The molecule has 6 nitrogen and oxygen atoms in total. The fourth-order valence-electron chi connectivity index (χ4n) is 3.77. The third kappa shape index (κ3) is 6.36. The molecule has 0 aliphatic heterocycles. The van der Waals surface area contributed by atoms with Crippen molar-refractivity contribution in [2.24, 2.45) is 10.1 Å². The van der Waals surface area contributed by atoms with Gasteiger partial charge in [-0.05, 0) is 48.0 Å². The maximum atomic E-state index is 15.9. The molecule has 0 fully saturated rings. The number of hydrogen-bond acceptors (Lipinski definition) is 6. The Morgan fingerprint density at radius 2 is 1.79 bits per heavy atom. The number of rotatable bonds is 11. The van der Waals surface area contributed by atoms with Gasteiger partial charge in [0.2, 0.25) is 0 Å². The molecule has 0 spiro atoms. The van der Waals surface area contributed by atoms with E-state index in [0.717, 1.165) is 18.1 Å². The number of nitriles is 1. The maximum Gasteiger partial charge on any atom is 0.290 e. The summed E-state index contributed by atoms with van der Waals surface area (Å²) in [7, 11) is -5.93. The van der Waals surface area contributed by atoms with Crippen LogP contribution in [-0.4, -0.2) is 51.9 Å². The third-order valence-electron chi connectivity index (χ3n) is 6.37. The van der Waals surface area contributed by atoms with Gasteiger partial charge in [-0.15, -0.1) is 0 Å². The summed E-state index contributed by atoms with van der Waals surface area (Å²) in [5.41, 5.74) is 4.63. The van der Waals surface area contributed by atoms with Crippen LogP contribution in [0.3, 0.4) is 0 Å². The largest absolute Gasteiger partial charge is 0.390 e. The number of halogens is 4. The van der Waals surface area contributed by atoms with E-state index in [4.69, 9.17) is 10.8 Å². The van der Waals surface area contributed by atoms with Crippen LogP contribution in [0.2, 0.25) is 18.1 Å². The van der Waals surface area contributed by atoms with Gasteiger partial charge in [0.1, 0.15) is 28.3 Å². The SMILES string of the molecule is CC[Si](CC)(CC)c1cc(Br)nc(C(C)(N)CS(=O)(=NCC(F)(F)CO)C(C)(C)C#N)c1F. The number of alkyl halides is 2. The average molecular weight is 572 g/mol. The number of aromatic nitrogens is 1. The first-order valence-electron chi connectivity index (χ1n) is 10.8. The van der Waals surface area contributed by atoms with Gasteiger partial charge < -0.3 is 10.8 Å². The molecular weight excluding hydrogens is 537 g/mol. The molecule has 0 aromatic carbocycles. The van der Waals surface area contributed by atoms with Gasteiger partial charge in [-0.25, -0.2) is 26.7 Å². The highest BCUT2D eigenvalue weighted by Crippen LogP contribution is 2.31. The molecule has 188 valence electrons. The van der Waals surface area contributed by atoms with Crippen LogP contribution < -0.4 is 10.9 Å². The first-order chi connectivity index (χ1) is 15.0. The van der Waals surface area contributed by atoms with Crippen molar-refractivity contribution in [2.45, 2.75) is 75.9 Å². The third-order valence-corrected chi connectivity index (χ3v) is 15.6. The predicted octanol–water partition coefficient (Wildman–Crippen LogP) is 4.27. The van der Waals surface area contributed by atoms with Crippen LogP contribution in [-0.2, 0) is 15.3 Å². The van der Waals surface area contributed by atoms with Crippen molar-refractivity contribution in [3.8, 4) is 6.07 Å². The van der Waals surface area contributed by atoms with Gasteiger partial charge in [0.05, 0.1) is 40.9 Å². The van der Waals surface area contributed by atoms with E-state index in [9.17, 15) is 18.3 Å². The van der Waals surface area contributed by atoms with Crippen molar-refractivity contribution in [1.82, 2.24) is 4.98 Å². The van der Waals surface area contributed by atoms with Crippen molar-refractivity contribution >= 4 is 38.9 Å². The second kappa shape index (κ2) is 10.7. The molecule has 0 amide bonds. The molecule has 3 N–H and O–H groups in total. The minimum atomic E-state index is -3.72. The highest BCUT2D eigenvalue weighted by atomic mass is 79.9. The molecule has 0 aliphatic carbocycles. The van der Waals surface area contributed by atoms with Crippen LogP contribution in [0.1, 0.15) is 47.2 Å². The van der Waals surface area contributed by atoms with Crippen LogP contribution in [0.4, 0.5) is 13.2 Å². The van der Waals surface area contributed by atoms with Crippen molar-refractivity contribution in [3.63, 3.8) is 0 Å². The summed E-state index contributed by atoms with van der Waals surface area (Å²) in [6.45, 7) is 7.37. The van der Waals surface area contributed by atoms with Crippen molar-refractivity contribution in [1.29, 1.82) is 5.26 Å². The van der Waals surface area contributed by atoms with Gasteiger partial charge >= 0.3 is 0 Å². The molecule has 0 aliphatic rings. The lowest BCUT2D eigenvalue weighted by atomic mass is 10.0. The minimum absolute atomic E-state index is 0.148. The van der Waals surface area contributed by atoms with Gasteiger partial charge in [0.25, 0.3) is 5.92 Å². The topological polar surface area (TPSA) is 112 Å². The van der Waals surface area contributed by atoms with Gasteiger partial charge in [-0.3, -0.25) is 0 Å². The second-order valence-corrected chi connectivity index (χ2v) is 18.0. The molecule has 12 heteroatoms. The lowest BCUT2D eigenvalue weighted by Gasteiger charge is -2.34. The fourth-order valence-corrected chi connectivity index (χ4v) is 10.3. The molecule has 0 saturated carbocycles. The highest BCUT2D eigenvalue weighted by molar-refractivity contribution is 9.10. The normalized spacial score (nSPS) is 16.6. The Labute approximate surface area is 204 Å². The summed E-state index contributed by atoms with van der Waals surface area (Å²) in [5.74, 6) is -4.77. The summed E-state index contributed by atoms with van der Waals surface area (Å²) in [4.78, 5) is 4.24. The van der Waals surface area contributed by atoms with Gasteiger partial charge in [-0.1, -0.05) is 38.9 Å². The van der Waals surface area contributed by atoms with E-state index in [1.807, 2.05) is 26.8 Å². The van der Waals surface area contributed by atoms with Crippen LogP contribution >= 0.6 is 15.9 Å². The molecule has 0 radical (unpaired) electrons. The van der Waals surface area contributed by atoms with Gasteiger partial charge in [0, 0.05) is 0 Å². The van der Waals surface area contributed by atoms with Crippen molar-refractivity contribution < 1.29 is 22.5 Å². The van der Waals surface area contributed by atoms with E-state index in [1.54, 1.807) is 6.07 Å². The first-order valence-corrected chi connectivity index (χ1v) is 15.9. The average Bonchev–Trinajstić information content (AvgIpc) is 2.75. The number of aliphatic hydroxyl groups excluding tert-OH is 1. The maximum absolute atomic E-state index is 15.9. The van der Waals surface area contributed by atoms with E-state index in [-0.39, 0.29) is 5.69 Å². The first kappa shape index (κ1) is 30.0. The Kier molecular flexibility index (Phi) is 9.76. The molecule has 1 heterocycles. The molecule has 1 aromatic rings. The minimum Gasteiger partial charge on any atom is -0.390 e. The second-order valence-electron chi connectivity index (χ2n) is 9.12. The zero-order valence-corrected chi connectivity index (χ0v) is 23.4. The molecule has 33 heavy (non-hydrogen) atoms. The zero-order valence-electron chi connectivity index (χ0n) is 20.0. The van der Waals surface area contributed by atoms with E-state index in [1.165, 1.54) is 20.8 Å². The smallest absolute Gasteiger partial charge is 0.290 e. The van der Waals surface area contributed by atoms with Crippen LogP contribution in [0.25, 0.3) is 0 Å². The summed E-state index contributed by atoms with van der Waals surface area (Å²) in [5, 5.41) is 19.0. The quantitative estimate of drug-likeness (QED) is 0.304. The number of nitrogens with two attached hydrogens (primary N) is 1. The predicted molar refractivity (Wildman–Crippen MR) is 132 cm³/mol. The summed E-state index contributed by atoms with van der Waals surface area (Å²) >= 11 is 3.33. The van der Waals surface area contributed by atoms with Gasteiger partial charge in [-0.2, -0.15) is 5.26 Å². The number of pyridine rings is 1. The monoisotopic (exact) mass is 570 g/mol. The fraction of sp³-hybridized carbons (Fsp3) is 0.714. The Hall–Kier alpha value is -1.00. The van der Waals surface area contributed by atoms with E-state index < -0.39 is 58.7 Å². The Morgan fingerprint density at radius 3 is 2.21 bits per heavy atom. The molecule has 0 bridgehead atoms. The Bertz CT molecular complexity index is 1010. The lowest BCUT2D eigenvalue weighted by molar-refractivity contribution is -0.0401. The summed E-state index contributed by atoms with van der Waals surface area (Å²) in [6.07, 6.45) is 0. The molecule has 0 saturated heterocycles. The molecular formula is C21H34BrF3N4O2SSi. The number of nitrogens with zero attached hydrogens (tertiary/aromatic N) is 3. The van der Waals surface area contributed by atoms with E-state index in [0.29, 0.717) is 9.79 Å². The Balaban J connectivity index is 3.75. The lowest BCUT2D eigenvalue weighted by Crippen LogP contribution is -2.52. The Morgan fingerprint density at radius 1 is 1.27 bits per heavy atom. The van der Waals surface area contributed by atoms with Crippen molar-refractivity contribution in [3.05, 3.63) is 22.2 Å². The molecule has 2 atom stereocenters. The molecule has 1 rings (SSSR count). The van der Waals surface area contributed by atoms with Crippen LogP contribution in [0.5, 0.6) is 0 Å². The summed E-state index contributed by atoms with van der Waals surface area (Å²) in [6, 6.07) is 5.93. The van der Waals surface area contributed by atoms with Crippen molar-refractivity contribution in [2.75, 3.05) is 18.9 Å². The zero-order chi connectivity index (χ0) is 25.9. The number of aliphatic hydroxyl groups is 1. The van der Waals surface area contributed by atoms with Crippen LogP contribution in [0.15, 0.2) is 15.0 Å². The van der Waals surface area contributed by atoms with Gasteiger partial charge in [0.15, 0.2) is 0 Å². The highest BCUT2D eigenvalue weighted by Gasteiger charge is 2.43. The van der Waals surface area contributed by atoms with E-state index >= 15 is 4.39 Å². The van der Waals surface area contributed by atoms with Crippen LogP contribution in [0, 0.1) is 17.1 Å². The summed E-state index contributed by atoms with van der Waals surface area (Å²) < 4.78 is 59.5. The van der Waals surface area contributed by atoms with E-state index in [2.05, 4.69) is 25.3 Å². The molecule has 1 aromatic heterocycles. The molecule has 2 unspecified atom stereocenters.